The molecule has 0 aromatic heterocycles. The van der Waals surface area contributed by atoms with Gasteiger partial charge in [-0.15, -0.1) is 0 Å². The molecule has 1 saturated heterocycles. The summed E-state index contributed by atoms with van der Waals surface area (Å²) in [6.45, 7) is 4.05. The predicted molar refractivity (Wildman–Crippen MR) is 119 cm³/mol. The average molecular weight is 445 g/mol. The Morgan fingerprint density at radius 1 is 1.00 bits per heavy atom. The third kappa shape index (κ3) is 4.14. The molecule has 1 amide bonds. The van der Waals surface area contributed by atoms with Gasteiger partial charge in [-0.1, -0.05) is 6.42 Å². The van der Waals surface area contributed by atoms with Gasteiger partial charge in [0.2, 0.25) is 10.0 Å². The van der Waals surface area contributed by atoms with E-state index in [9.17, 15) is 13.2 Å². The van der Waals surface area contributed by atoms with Crippen LogP contribution >= 0.6 is 0 Å². The Morgan fingerprint density at radius 3 is 2.48 bits per heavy atom. The Balaban J connectivity index is 1.58. The fourth-order valence-corrected chi connectivity index (χ4v) is 5.80. The number of carbonyl (C=O) groups excluding carboxylic acids is 1. The van der Waals surface area contributed by atoms with Crippen LogP contribution in [0.1, 0.15) is 42.1 Å². The van der Waals surface area contributed by atoms with Gasteiger partial charge in [-0.25, -0.2) is 8.42 Å². The first-order chi connectivity index (χ1) is 15.0. The molecule has 4 rings (SSSR count). The van der Waals surface area contributed by atoms with E-state index in [0.29, 0.717) is 54.6 Å². The van der Waals surface area contributed by atoms with Crippen LogP contribution in [0, 0.1) is 0 Å². The van der Waals surface area contributed by atoms with Crippen LogP contribution in [-0.2, 0) is 16.4 Å². The first kappa shape index (κ1) is 21.6. The minimum atomic E-state index is -3.49. The minimum Gasteiger partial charge on any atom is -0.493 e. The van der Waals surface area contributed by atoms with Gasteiger partial charge in [0.05, 0.1) is 18.6 Å². The lowest BCUT2D eigenvalue weighted by atomic mass is 10.1. The van der Waals surface area contributed by atoms with E-state index in [1.54, 1.807) is 52.7 Å². The molecule has 31 heavy (non-hydrogen) atoms. The van der Waals surface area contributed by atoms with Crippen molar-refractivity contribution in [1.29, 1.82) is 0 Å². The Kier molecular flexibility index (Phi) is 6.20. The minimum absolute atomic E-state index is 0.147. The zero-order valence-corrected chi connectivity index (χ0v) is 18.8. The summed E-state index contributed by atoms with van der Waals surface area (Å²) in [5.74, 6) is 0.956. The smallest absolute Gasteiger partial charge is 0.258 e. The van der Waals surface area contributed by atoms with Crippen molar-refractivity contribution in [1.82, 2.24) is 4.31 Å². The van der Waals surface area contributed by atoms with Crippen LogP contribution in [0.2, 0.25) is 0 Å². The van der Waals surface area contributed by atoms with Gasteiger partial charge in [0.1, 0.15) is 0 Å². The highest BCUT2D eigenvalue weighted by Gasteiger charge is 2.30. The number of ether oxygens (including phenoxy) is 2. The Hall–Kier alpha value is -2.58. The fraction of sp³-hybridized carbons (Fsp3) is 0.435. The van der Waals surface area contributed by atoms with E-state index in [-0.39, 0.29) is 5.91 Å². The fourth-order valence-electron chi connectivity index (χ4n) is 4.24. The molecule has 0 bridgehead atoms. The molecule has 7 nitrogen and oxygen atoms in total. The highest BCUT2D eigenvalue weighted by molar-refractivity contribution is 7.89. The molecule has 2 heterocycles. The number of hydrogen-bond donors (Lipinski definition) is 0. The van der Waals surface area contributed by atoms with E-state index >= 15 is 0 Å². The maximum atomic E-state index is 13.2. The zero-order valence-electron chi connectivity index (χ0n) is 18.0. The average Bonchev–Trinajstić information content (AvgIpc) is 3.23. The van der Waals surface area contributed by atoms with Crippen LogP contribution in [0.4, 0.5) is 5.69 Å². The Morgan fingerprint density at radius 2 is 1.77 bits per heavy atom. The number of piperidine rings is 1. The number of benzene rings is 2. The van der Waals surface area contributed by atoms with Crippen LogP contribution in [0.15, 0.2) is 41.3 Å². The molecule has 0 aliphatic carbocycles. The van der Waals surface area contributed by atoms with Gasteiger partial charge >= 0.3 is 0 Å². The summed E-state index contributed by atoms with van der Waals surface area (Å²) in [4.78, 5) is 15.2. The normalized spacial score (nSPS) is 16.8. The van der Waals surface area contributed by atoms with Gasteiger partial charge < -0.3 is 14.4 Å². The number of amides is 1. The molecule has 2 aromatic rings. The third-order valence-corrected chi connectivity index (χ3v) is 7.75. The first-order valence-electron chi connectivity index (χ1n) is 10.7. The van der Waals surface area contributed by atoms with Crippen molar-refractivity contribution >= 4 is 21.6 Å². The molecule has 2 aliphatic heterocycles. The van der Waals surface area contributed by atoms with Crippen LogP contribution in [0.3, 0.4) is 0 Å². The monoisotopic (exact) mass is 444 g/mol. The Bertz CT molecular complexity index is 1080. The van der Waals surface area contributed by atoms with E-state index in [2.05, 4.69) is 0 Å². The molecular formula is C23H28N2O5S. The lowest BCUT2D eigenvalue weighted by Crippen LogP contribution is -2.35. The molecule has 166 valence electrons. The summed E-state index contributed by atoms with van der Waals surface area (Å²) in [5.41, 5.74) is 2.14. The largest absolute Gasteiger partial charge is 0.493 e. The second kappa shape index (κ2) is 8.88. The second-order valence-corrected chi connectivity index (χ2v) is 9.70. The van der Waals surface area contributed by atoms with E-state index in [4.69, 9.17) is 9.47 Å². The van der Waals surface area contributed by atoms with Gasteiger partial charge in [0, 0.05) is 30.9 Å². The number of rotatable bonds is 6. The van der Waals surface area contributed by atoms with Crippen molar-refractivity contribution in [2.75, 3.05) is 38.3 Å². The number of carbonyl (C=O) groups is 1. The first-order valence-corrected chi connectivity index (χ1v) is 12.2. The number of fused-ring (bicyclic) bond motifs is 1. The topological polar surface area (TPSA) is 76.2 Å². The summed E-state index contributed by atoms with van der Waals surface area (Å²) < 4.78 is 38.5. The number of hydrogen-bond acceptors (Lipinski definition) is 5. The van der Waals surface area contributed by atoms with Crippen molar-refractivity contribution in [2.45, 2.75) is 37.5 Å². The third-order valence-electron chi connectivity index (χ3n) is 5.85. The SMILES string of the molecule is CCOc1ccc(C(=O)N2CCc3cc(S(=O)(=O)N4CCCCC4)ccc32)cc1OC. The predicted octanol–water partition coefficient (Wildman–Crippen LogP) is 3.47. The molecule has 0 N–H and O–H groups in total. The van der Waals surface area contributed by atoms with E-state index in [1.165, 1.54) is 0 Å². The highest BCUT2D eigenvalue weighted by Crippen LogP contribution is 2.34. The van der Waals surface area contributed by atoms with Crippen molar-refractivity contribution < 1.29 is 22.7 Å². The molecule has 0 saturated carbocycles. The second-order valence-electron chi connectivity index (χ2n) is 7.76. The summed E-state index contributed by atoms with van der Waals surface area (Å²) in [6, 6.07) is 10.2. The van der Waals surface area contributed by atoms with Gasteiger partial charge in [-0.3, -0.25) is 4.79 Å². The van der Waals surface area contributed by atoms with Crippen molar-refractivity contribution in [3.8, 4) is 11.5 Å². The number of sulfonamides is 1. The molecule has 0 radical (unpaired) electrons. The molecule has 0 unspecified atom stereocenters. The molecule has 0 spiro atoms. The van der Waals surface area contributed by atoms with E-state index in [0.717, 1.165) is 30.5 Å². The van der Waals surface area contributed by atoms with Gasteiger partial charge in [-0.2, -0.15) is 4.31 Å². The van der Waals surface area contributed by atoms with Crippen LogP contribution in [0.5, 0.6) is 11.5 Å². The summed E-state index contributed by atoms with van der Waals surface area (Å²) in [7, 11) is -1.95. The van der Waals surface area contributed by atoms with Gasteiger partial charge in [-0.05, 0) is 68.1 Å². The molecule has 8 heteroatoms. The zero-order chi connectivity index (χ0) is 22.0. The van der Waals surface area contributed by atoms with Crippen molar-refractivity contribution in [2.24, 2.45) is 0 Å². The van der Waals surface area contributed by atoms with Crippen molar-refractivity contribution in [3.63, 3.8) is 0 Å². The number of anilines is 1. The maximum absolute atomic E-state index is 13.2. The molecule has 2 aromatic carbocycles. The lowest BCUT2D eigenvalue weighted by Gasteiger charge is -2.26. The summed E-state index contributed by atoms with van der Waals surface area (Å²) >= 11 is 0. The van der Waals surface area contributed by atoms with E-state index in [1.807, 2.05) is 6.92 Å². The molecular weight excluding hydrogens is 416 g/mol. The molecule has 1 fully saturated rings. The van der Waals surface area contributed by atoms with Crippen LogP contribution < -0.4 is 14.4 Å². The van der Waals surface area contributed by atoms with Gasteiger partial charge in [0.15, 0.2) is 11.5 Å². The standard InChI is InChI=1S/C23H28N2O5S/c1-3-30-21-10-7-18(16-22(21)29-2)23(26)25-14-11-17-15-19(8-9-20(17)25)31(27,28)24-12-5-4-6-13-24/h7-10,15-16H,3-6,11-14H2,1-2H3. The van der Waals surface area contributed by atoms with E-state index < -0.39 is 10.0 Å². The quantitative estimate of drug-likeness (QED) is 0.682. The summed E-state index contributed by atoms with van der Waals surface area (Å²) in [6.07, 6.45) is 3.50. The Labute approximate surface area is 183 Å². The lowest BCUT2D eigenvalue weighted by molar-refractivity contribution is 0.0989. The van der Waals surface area contributed by atoms with Crippen LogP contribution in [0.25, 0.3) is 0 Å². The highest BCUT2D eigenvalue weighted by atomic mass is 32.2. The number of methoxy groups -OCH3 is 1. The van der Waals surface area contributed by atoms with Crippen LogP contribution in [-0.4, -0.2) is 52.0 Å². The van der Waals surface area contributed by atoms with Gasteiger partial charge in [0.25, 0.3) is 5.91 Å². The number of nitrogens with zero attached hydrogens (tertiary/aromatic N) is 2. The van der Waals surface area contributed by atoms with Crippen molar-refractivity contribution in [3.05, 3.63) is 47.5 Å². The summed E-state index contributed by atoms with van der Waals surface area (Å²) in [5, 5.41) is 0. The molecule has 2 aliphatic rings. The maximum Gasteiger partial charge on any atom is 0.258 e. The molecule has 0 atom stereocenters.